The van der Waals surface area contributed by atoms with E-state index in [0.717, 1.165) is 38.4 Å². The third kappa shape index (κ3) is 6.22. The molecule has 1 aromatic rings. The molecule has 0 radical (unpaired) electrons. The lowest BCUT2D eigenvalue weighted by atomic mass is 10.2. The molecule has 0 atom stereocenters. The Balaban J connectivity index is 1.91. The first-order valence-corrected chi connectivity index (χ1v) is 7.78. The number of carbonyl (C=O) groups is 2. The molecule has 6 nitrogen and oxygen atoms in total. The lowest BCUT2D eigenvalue weighted by Gasteiger charge is -2.26. The van der Waals surface area contributed by atoms with E-state index in [2.05, 4.69) is 15.5 Å². The van der Waals surface area contributed by atoms with Gasteiger partial charge < -0.3 is 15.4 Å². The number of rotatable bonds is 6. The molecular formula is C17H23N3O3. The number of nitrogens with zero attached hydrogens (tertiary/aromatic N) is 1. The summed E-state index contributed by atoms with van der Waals surface area (Å²) in [6.45, 7) is 5.93. The summed E-state index contributed by atoms with van der Waals surface area (Å²) in [6, 6.07) is 9.42. The zero-order valence-corrected chi connectivity index (χ0v) is 13.4. The summed E-state index contributed by atoms with van der Waals surface area (Å²) in [5.74, 6) is -0.548. The fraction of sp³-hybridized carbons (Fsp3) is 0.412. The summed E-state index contributed by atoms with van der Waals surface area (Å²) in [5.41, 5.74) is 1.12. The number of nitrogens with one attached hydrogen (secondary N) is 2. The molecule has 1 saturated heterocycles. The first-order valence-electron chi connectivity index (χ1n) is 7.78. The van der Waals surface area contributed by atoms with Crippen LogP contribution in [-0.2, 0) is 14.3 Å². The molecule has 0 bridgehead atoms. The van der Waals surface area contributed by atoms with E-state index in [-0.39, 0.29) is 17.5 Å². The highest BCUT2D eigenvalue weighted by Gasteiger charge is 2.13. The lowest BCUT2D eigenvalue weighted by Crippen LogP contribution is -2.42. The standard InChI is InChI=1S/C17H23N3O3/c1-14(21)19-16(13-15-5-3-2-4-6-15)17(22)18-7-8-20-9-11-23-12-10-20/h2-6,13H,7-12H2,1H3,(H,18,22)(H,19,21). The van der Waals surface area contributed by atoms with Gasteiger partial charge in [0.25, 0.3) is 5.91 Å². The largest absolute Gasteiger partial charge is 0.379 e. The number of hydrogen-bond donors (Lipinski definition) is 2. The van der Waals surface area contributed by atoms with Crippen LogP contribution < -0.4 is 10.6 Å². The maximum absolute atomic E-state index is 12.3. The molecule has 1 fully saturated rings. The minimum Gasteiger partial charge on any atom is -0.379 e. The van der Waals surface area contributed by atoms with Crippen LogP contribution in [0.5, 0.6) is 0 Å². The van der Waals surface area contributed by atoms with Crippen LogP contribution in [0.15, 0.2) is 36.0 Å². The van der Waals surface area contributed by atoms with Crippen molar-refractivity contribution in [1.82, 2.24) is 15.5 Å². The zero-order chi connectivity index (χ0) is 16.5. The minimum absolute atomic E-state index is 0.255. The molecule has 0 spiro atoms. The summed E-state index contributed by atoms with van der Waals surface area (Å²) < 4.78 is 5.29. The Morgan fingerprint density at radius 3 is 2.57 bits per heavy atom. The van der Waals surface area contributed by atoms with Crippen molar-refractivity contribution in [2.24, 2.45) is 0 Å². The molecule has 0 saturated carbocycles. The summed E-state index contributed by atoms with van der Waals surface area (Å²) in [5, 5.41) is 5.44. The molecule has 0 aliphatic carbocycles. The number of benzene rings is 1. The molecule has 1 aromatic carbocycles. The SMILES string of the molecule is CC(=O)NC(=Cc1ccccc1)C(=O)NCCN1CCOCC1. The van der Waals surface area contributed by atoms with Crippen molar-refractivity contribution in [2.45, 2.75) is 6.92 Å². The molecule has 6 heteroatoms. The van der Waals surface area contributed by atoms with Crippen molar-refractivity contribution in [3.8, 4) is 0 Å². The van der Waals surface area contributed by atoms with Crippen molar-refractivity contribution >= 4 is 17.9 Å². The van der Waals surface area contributed by atoms with Crippen molar-refractivity contribution in [3.05, 3.63) is 41.6 Å². The third-order valence-electron chi connectivity index (χ3n) is 3.48. The highest BCUT2D eigenvalue weighted by atomic mass is 16.5. The van der Waals surface area contributed by atoms with Crippen LogP contribution in [0.25, 0.3) is 6.08 Å². The van der Waals surface area contributed by atoms with Gasteiger partial charge in [-0.05, 0) is 11.6 Å². The monoisotopic (exact) mass is 317 g/mol. The van der Waals surface area contributed by atoms with Crippen molar-refractivity contribution < 1.29 is 14.3 Å². The van der Waals surface area contributed by atoms with Crippen LogP contribution >= 0.6 is 0 Å². The molecule has 124 valence electrons. The Morgan fingerprint density at radius 2 is 1.91 bits per heavy atom. The van der Waals surface area contributed by atoms with Crippen molar-refractivity contribution in [3.63, 3.8) is 0 Å². The summed E-state index contributed by atoms with van der Waals surface area (Å²) in [4.78, 5) is 25.8. The second kappa shape index (κ2) is 9.07. The first kappa shape index (κ1) is 17.2. The Hall–Kier alpha value is -2.18. The molecule has 0 aromatic heterocycles. The molecule has 1 aliphatic heterocycles. The van der Waals surface area contributed by atoms with Gasteiger partial charge in [-0.25, -0.2) is 0 Å². The molecule has 2 N–H and O–H groups in total. The Bertz CT molecular complexity index is 551. The van der Waals surface area contributed by atoms with Crippen LogP contribution in [0.2, 0.25) is 0 Å². The number of amides is 2. The number of hydrogen-bond acceptors (Lipinski definition) is 4. The fourth-order valence-corrected chi connectivity index (χ4v) is 2.31. The van der Waals surface area contributed by atoms with E-state index < -0.39 is 0 Å². The van der Waals surface area contributed by atoms with E-state index in [1.165, 1.54) is 6.92 Å². The smallest absolute Gasteiger partial charge is 0.267 e. The first-order chi connectivity index (χ1) is 11.1. The highest BCUT2D eigenvalue weighted by molar-refractivity contribution is 6.00. The number of carbonyl (C=O) groups excluding carboxylic acids is 2. The van der Waals surface area contributed by atoms with Crippen LogP contribution in [-0.4, -0.2) is 56.1 Å². The van der Waals surface area contributed by atoms with E-state index >= 15 is 0 Å². The van der Waals surface area contributed by atoms with Crippen LogP contribution in [0.3, 0.4) is 0 Å². The quantitative estimate of drug-likeness (QED) is 0.754. The van der Waals surface area contributed by atoms with Crippen molar-refractivity contribution in [1.29, 1.82) is 0 Å². The van der Waals surface area contributed by atoms with E-state index in [9.17, 15) is 9.59 Å². The van der Waals surface area contributed by atoms with E-state index in [0.29, 0.717) is 6.54 Å². The average molecular weight is 317 g/mol. The molecule has 1 heterocycles. The van der Waals surface area contributed by atoms with E-state index in [1.807, 2.05) is 30.3 Å². The van der Waals surface area contributed by atoms with Gasteiger partial charge in [0.15, 0.2) is 0 Å². The Morgan fingerprint density at radius 1 is 1.22 bits per heavy atom. The summed E-state index contributed by atoms with van der Waals surface area (Å²) in [7, 11) is 0. The number of morpholine rings is 1. The second-order valence-corrected chi connectivity index (χ2v) is 5.36. The molecule has 23 heavy (non-hydrogen) atoms. The normalized spacial score (nSPS) is 16.0. The second-order valence-electron chi connectivity index (χ2n) is 5.36. The van der Waals surface area contributed by atoms with Gasteiger partial charge in [0, 0.05) is 33.1 Å². The van der Waals surface area contributed by atoms with E-state index in [4.69, 9.17) is 4.74 Å². The van der Waals surface area contributed by atoms with Gasteiger partial charge in [-0.15, -0.1) is 0 Å². The molecular weight excluding hydrogens is 294 g/mol. The lowest BCUT2D eigenvalue weighted by molar-refractivity contribution is -0.122. The van der Waals surface area contributed by atoms with Gasteiger partial charge in [-0.1, -0.05) is 30.3 Å². The number of ether oxygens (including phenoxy) is 1. The van der Waals surface area contributed by atoms with Crippen molar-refractivity contribution in [2.75, 3.05) is 39.4 Å². The van der Waals surface area contributed by atoms with Crippen LogP contribution in [0.1, 0.15) is 12.5 Å². The highest BCUT2D eigenvalue weighted by Crippen LogP contribution is 2.05. The predicted molar refractivity (Wildman–Crippen MR) is 88.5 cm³/mol. The molecule has 2 rings (SSSR count). The van der Waals surface area contributed by atoms with Crippen LogP contribution in [0.4, 0.5) is 0 Å². The summed E-state index contributed by atoms with van der Waals surface area (Å²) in [6.07, 6.45) is 1.67. The molecule has 1 aliphatic rings. The maximum Gasteiger partial charge on any atom is 0.267 e. The summed E-state index contributed by atoms with van der Waals surface area (Å²) >= 11 is 0. The Labute approximate surface area is 136 Å². The average Bonchev–Trinajstić information content (AvgIpc) is 2.56. The molecule has 2 amide bonds. The van der Waals surface area contributed by atoms with Gasteiger partial charge >= 0.3 is 0 Å². The maximum atomic E-state index is 12.3. The third-order valence-corrected chi connectivity index (χ3v) is 3.48. The molecule has 0 unspecified atom stereocenters. The van der Waals surface area contributed by atoms with E-state index in [1.54, 1.807) is 6.08 Å². The predicted octanol–water partition coefficient (Wildman–Crippen LogP) is 0.612. The Kier molecular flexibility index (Phi) is 6.77. The van der Waals surface area contributed by atoms with Gasteiger partial charge in [-0.2, -0.15) is 0 Å². The van der Waals surface area contributed by atoms with Crippen LogP contribution in [0, 0.1) is 0 Å². The zero-order valence-electron chi connectivity index (χ0n) is 13.4. The van der Waals surface area contributed by atoms with Gasteiger partial charge in [0.2, 0.25) is 5.91 Å². The van der Waals surface area contributed by atoms with Gasteiger partial charge in [0.1, 0.15) is 5.70 Å². The topological polar surface area (TPSA) is 70.7 Å². The van der Waals surface area contributed by atoms with Gasteiger partial charge in [-0.3, -0.25) is 14.5 Å². The fourth-order valence-electron chi connectivity index (χ4n) is 2.31. The van der Waals surface area contributed by atoms with Gasteiger partial charge in [0.05, 0.1) is 13.2 Å². The minimum atomic E-state index is -0.280.